The Hall–Kier alpha value is -1.92. The van der Waals surface area contributed by atoms with Crippen LogP contribution in [0.1, 0.15) is 31.7 Å². The van der Waals surface area contributed by atoms with Crippen molar-refractivity contribution in [3.8, 4) is 0 Å². The SMILES string of the molecule is Cc1cccc2c(=O)n(CCC(=O)N3CCC(C(C)N)CC3)cnc12.Cl. The fourth-order valence-corrected chi connectivity index (χ4v) is 3.55. The van der Waals surface area contributed by atoms with Crippen molar-refractivity contribution in [2.24, 2.45) is 11.7 Å². The highest BCUT2D eigenvalue weighted by atomic mass is 35.5. The summed E-state index contributed by atoms with van der Waals surface area (Å²) in [6.45, 7) is 5.85. The molecule has 0 bridgehead atoms. The zero-order valence-corrected chi connectivity index (χ0v) is 16.2. The highest BCUT2D eigenvalue weighted by Gasteiger charge is 2.24. The van der Waals surface area contributed by atoms with Crippen LogP contribution in [0, 0.1) is 12.8 Å². The molecule has 1 unspecified atom stereocenters. The van der Waals surface area contributed by atoms with Gasteiger partial charge in [0.2, 0.25) is 5.91 Å². The van der Waals surface area contributed by atoms with Crippen molar-refractivity contribution in [2.75, 3.05) is 13.1 Å². The fraction of sp³-hybridized carbons (Fsp3) is 0.526. The standard InChI is InChI=1S/C19H26N4O2.ClH/c1-13-4-3-5-16-18(13)21-12-23(19(16)25)11-8-17(24)22-9-6-15(7-10-22)14(2)20;/h3-5,12,14-15H,6-11,20H2,1-2H3;1H. The lowest BCUT2D eigenvalue weighted by Gasteiger charge is -2.33. The first-order valence-electron chi connectivity index (χ1n) is 8.95. The molecule has 1 fully saturated rings. The number of rotatable bonds is 4. The normalized spacial score (nSPS) is 16.3. The Morgan fingerprint density at radius 1 is 1.35 bits per heavy atom. The van der Waals surface area contributed by atoms with E-state index in [2.05, 4.69) is 4.98 Å². The average Bonchev–Trinajstić information content (AvgIpc) is 2.61. The van der Waals surface area contributed by atoms with Crippen molar-refractivity contribution in [3.63, 3.8) is 0 Å². The third kappa shape index (κ3) is 4.24. The van der Waals surface area contributed by atoms with Gasteiger partial charge < -0.3 is 10.6 Å². The topological polar surface area (TPSA) is 81.2 Å². The Morgan fingerprint density at radius 2 is 2.04 bits per heavy atom. The second-order valence-electron chi connectivity index (χ2n) is 7.04. The first-order chi connectivity index (χ1) is 12.0. The summed E-state index contributed by atoms with van der Waals surface area (Å²) in [5.41, 5.74) is 7.57. The molecule has 1 saturated heterocycles. The summed E-state index contributed by atoms with van der Waals surface area (Å²) in [7, 11) is 0. The molecule has 2 heterocycles. The number of piperidine rings is 1. The van der Waals surface area contributed by atoms with E-state index >= 15 is 0 Å². The predicted octanol–water partition coefficient (Wildman–Crippen LogP) is 2.10. The van der Waals surface area contributed by atoms with E-state index in [0.717, 1.165) is 37.0 Å². The third-order valence-electron chi connectivity index (χ3n) is 5.26. The van der Waals surface area contributed by atoms with Crippen LogP contribution in [0.3, 0.4) is 0 Å². The van der Waals surface area contributed by atoms with Gasteiger partial charge >= 0.3 is 0 Å². The summed E-state index contributed by atoms with van der Waals surface area (Å²) < 4.78 is 1.54. The van der Waals surface area contributed by atoms with E-state index in [1.54, 1.807) is 12.4 Å². The number of halogens is 1. The molecule has 0 radical (unpaired) electrons. The highest BCUT2D eigenvalue weighted by molar-refractivity contribution is 5.85. The molecule has 0 aliphatic carbocycles. The van der Waals surface area contributed by atoms with Crippen LogP contribution >= 0.6 is 12.4 Å². The van der Waals surface area contributed by atoms with Gasteiger partial charge in [0, 0.05) is 32.1 Å². The quantitative estimate of drug-likeness (QED) is 0.883. The minimum atomic E-state index is -0.0860. The number of para-hydroxylation sites is 1. The van der Waals surface area contributed by atoms with Gasteiger partial charge in [-0.15, -0.1) is 12.4 Å². The first kappa shape index (κ1) is 20.4. The van der Waals surface area contributed by atoms with Crippen LogP contribution in [-0.4, -0.2) is 39.5 Å². The van der Waals surface area contributed by atoms with Gasteiger partial charge in [-0.3, -0.25) is 14.2 Å². The number of carbonyl (C=O) groups is 1. The van der Waals surface area contributed by atoms with Crippen molar-refractivity contribution in [2.45, 2.75) is 45.7 Å². The molecule has 1 amide bonds. The summed E-state index contributed by atoms with van der Waals surface area (Å²) in [5, 5.41) is 0.604. The Labute approximate surface area is 159 Å². The molecule has 7 heteroatoms. The van der Waals surface area contributed by atoms with E-state index in [9.17, 15) is 9.59 Å². The number of carbonyl (C=O) groups excluding carboxylic acids is 1. The number of likely N-dealkylation sites (tertiary alicyclic amines) is 1. The van der Waals surface area contributed by atoms with Crippen molar-refractivity contribution < 1.29 is 4.79 Å². The Kier molecular flexibility index (Phi) is 6.78. The molecule has 0 spiro atoms. The molecular weight excluding hydrogens is 352 g/mol. The maximum Gasteiger partial charge on any atom is 0.261 e. The number of fused-ring (bicyclic) bond motifs is 1. The van der Waals surface area contributed by atoms with Crippen LogP contribution in [0.2, 0.25) is 0 Å². The number of aryl methyl sites for hydroxylation is 2. The molecule has 1 aromatic heterocycles. The minimum Gasteiger partial charge on any atom is -0.343 e. The molecule has 0 saturated carbocycles. The number of hydrogen-bond donors (Lipinski definition) is 1. The molecule has 3 rings (SSSR count). The van der Waals surface area contributed by atoms with Crippen LogP contribution in [-0.2, 0) is 11.3 Å². The molecule has 2 aromatic rings. The molecule has 1 aliphatic rings. The maximum absolute atomic E-state index is 12.6. The molecule has 1 aliphatic heterocycles. The Morgan fingerprint density at radius 3 is 2.69 bits per heavy atom. The van der Waals surface area contributed by atoms with E-state index in [4.69, 9.17) is 5.73 Å². The number of benzene rings is 1. The van der Waals surface area contributed by atoms with Gasteiger partial charge in [-0.25, -0.2) is 4.98 Å². The summed E-state index contributed by atoms with van der Waals surface area (Å²) in [4.78, 5) is 31.3. The summed E-state index contributed by atoms with van der Waals surface area (Å²) >= 11 is 0. The molecule has 26 heavy (non-hydrogen) atoms. The second kappa shape index (κ2) is 8.64. The minimum absolute atomic E-state index is 0. The summed E-state index contributed by atoms with van der Waals surface area (Å²) in [5.74, 6) is 0.596. The lowest BCUT2D eigenvalue weighted by molar-refractivity contribution is -0.132. The monoisotopic (exact) mass is 378 g/mol. The van der Waals surface area contributed by atoms with Gasteiger partial charge in [0.15, 0.2) is 0 Å². The first-order valence-corrected chi connectivity index (χ1v) is 8.95. The summed E-state index contributed by atoms with van der Waals surface area (Å²) in [6, 6.07) is 5.77. The van der Waals surface area contributed by atoms with Crippen LogP contribution in [0.5, 0.6) is 0 Å². The molecule has 6 nitrogen and oxygen atoms in total. The van der Waals surface area contributed by atoms with Gasteiger partial charge in [-0.1, -0.05) is 12.1 Å². The molecule has 2 N–H and O–H groups in total. The van der Waals surface area contributed by atoms with Crippen LogP contribution in [0.25, 0.3) is 10.9 Å². The van der Waals surface area contributed by atoms with Crippen molar-refractivity contribution in [1.29, 1.82) is 0 Å². The van der Waals surface area contributed by atoms with Gasteiger partial charge in [0.05, 0.1) is 17.2 Å². The van der Waals surface area contributed by atoms with E-state index in [0.29, 0.717) is 24.3 Å². The van der Waals surface area contributed by atoms with Gasteiger partial charge in [0.25, 0.3) is 5.56 Å². The predicted molar refractivity (Wildman–Crippen MR) is 106 cm³/mol. The van der Waals surface area contributed by atoms with Crippen LogP contribution in [0.15, 0.2) is 29.3 Å². The lowest BCUT2D eigenvalue weighted by Crippen LogP contribution is -2.42. The Bertz CT molecular complexity index is 826. The molecule has 1 atom stereocenters. The molecule has 1 aromatic carbocycles. The van der Waals surface area contributed by atoms with E-state index in [-0.39, 0.29) is 29.9 Å². The largest absolute Gasteiger partial charge is 0.343 e. The van der Waals surface area contributed by atoms with Crippen LogP contribution in [0.4, 0.5) is 0 Å². The zero-order chi connectivity index (χ0) is 18.0. The van der Waals surface area contributed by atoms with Crippen molar-refractivity contribution in [3.05, 3.63) is 40.4 Å². The highest BCUT2D eigenvalue weighted by Crippen LogP contribution is 2.20. The maximum atomic E-state index is 12.6. The van der Waals surface area contributed by atoms with Gasteiger partial charge in [0.1, 0.15) is 0 Å². The van der Waals surface area contributed by atoms with Crippen molar-refractivity contribution >= 4 is 29.2 Å². The van der Waals surface area contributed by atoms with Gasteiger partial charge in [-0.2, -0.15) is 0 Å². The van der Waals surface area contributed by atoms with E-state index in [1.807, 2.05) is 30.9 Å². The number of hydrogen-bond acceptors (Lipinski definition) is 4. The average molecular weight is 379 g/mol. The third-order valence-corrected chi connectivity index (χ3v) is 5.26. The number of nitrogens with two attached hydrogens (primary N) is 1. The van der Waals surface area contributed by atoms with E-state index in [1.165, 1.54) is 4.57 Å². The smallest absolute Gasteiger partial charge is 0.261 e. The molecule has 142 valence electrons. The molecular formula is C19H27ClN4O2. The number of amides is 1. The van der Waals surface area contributed by atoms with E-state index < -0.39 is 0 Å². The number of nitrogens with zero attached hydrogens (tertiary/aromatic N) is 3. The fourth-order valence-electron chi connectivity index (χ4n) is 3.55. The number of aromatic nitrogens is 2. The lowest BCUT2D eigenvalue weighted by atomic mass is 9.91. The summed E-state index contributed by atoms with van der Waals surface area (Å²) in [6.07, 6.45) is 3.79. The van der Waals surface area contributed by atoms with Crippen LogP contribution < -0.4 is 11.3 Å². The second-order valence-corrected chi connectivity index (χ2v) is 7.04. The van der Waals surface area contributed by atoms with Crippen molar-refractivity contribution in [1.82, 2.24) is 14.5 Å². The zero-order valence-electron chi connectivity index (χ0n) is 15.4. The Balaban J connectivity index is 0.00000243. The van der Waals surface area contributed by atoms with Gasteiger partial charge in [-0.05, 0) is 44.2 Å².